The number of nitrogens with zero attached hydrogens (tertiary/aromatic N) is 2. The van der Waals surface area contributed by atoms with Gasteiger partial charge in [-0.2, -0.15) is 0 Å². The molecule has 4 nitrogen and oxygen atoms in total. The zero-order valence-electron chi connectivity index (χ0n) is 6.24. The molecule has 58 valence electrons. The molecule has 1 N–H and O–H groups in total. The fraction of sp³-hybridized carbons (Fsp3) is 0.286. The minimum Gasteiger partial charge on any atom is -0.311 e. The monoisotopic (exact) mass is 151 g/mol. The molecule has 0 radical (unpaired) electrons. The molecule has 1 heterocycles. The second-order valence-corrected chi connectivity index (χ2v) is 2.00. The van der Waals surface area contributed by atoms with Crippen LogP contribution in [0.15, 0.2) is 18.6 Å². The highest BCUT2D eigenvalue weighted by molar-refractivity contribution is 5.89. The van der Waals surface area contributed by atoms with E-state index in [2.05, 4.69) is 15.3 Å². The minimum absolute atomic E-state index is 0.0382. The van der Waals surface area contributed by atoms with Crippen LogP contribution in [0, 0.1) is 0 Å². The van der Waals surface area contributed by atoms with E-state index >= 15 is 0 Å². The van der Waals surface area contributed by atoms with Gasteiger partial charge in [0, 0.05) is 12.6 Å². The third kappa shape index (κ3) is 2.33. The van der Waals surface area contributed by atoms with Gasteiger partial charge in [0.05, 0.1) is 0 Å². The van der Waals surface area contributed by atoms with Crippen LogP contribution in [0.5, 0.6) is 0 Å². The molecule has 0 atom stereocenters. The highest BCUT2D eigenvalue weighted by Gasteiger charge is 1.96. The van der Waals surface area contributed by atoms with Crippen molar-refractivity contribution in [2.45, 2.75) is 13.3 Å². The van der Waals surface area contributed by atoms with Crippen LogP contribution in [0.2, 0.25) is 0 Å². The summed E-state index contributed by atoms with van der Waals surface area (Å²) in [6.45, 7) is 1.79. The Morgan fingerprint density at radius 1 is 1.73 bits per heavy atom. The van der Waals surface area contributed by atoms with Crippen LogP contribution in [0.4, 0.5) is 5.82 Å². The third-order valence-electron chi connectivity index (χ3n) is 1.17. The average molecular weight is 151 g/mol. The summed E-state index contributed by atoms with van der Waals surface area (Å²) in [7, 11) is 0. The van der Waals surface area contributed by atoms with Gasteiger partial charge in [-0.15, -0.1) is 0 Å². The largest absolute Gasteiger partial charge is 0.311 e. The summed E-state index contributed by atoms with van der Waals surface area (Å²) in [5.74, 6) is 0.510. The van der Waals surface area contributed by atoms with Gasteiger partial charge in [-0.3, -0.25) is 4.79 Å². The molecular weight excluding hydrogens is 142 g/mol. The van der Waals surface area contributed by atoms with Crippen LogP contribution in [0.1, 0.15) is 13.3 Å². The van der Waals surface area contributed by atoms with Crippen molar-refractivity contribution in [1.29, 1.82) is 0 Å². The highest BCUT2D eigenvalue weighted by Crippen LogP contribution is 1.97. The van der Waals surface area contributed by atoms with E-state index in [4.69, 9.17) is 0 Å². The van der Waals surface area contributed by atoms with Gasteiger partial charge < -0.3 is 5.32 Å². The van der Waals surface area contributed by atoms with Crippen molar-refractivity contribution in [3.63, 3.8) is 0 Å². The van der Waals surface area contributed by atoms with Gasteiger partial charge >= 0.3 is 0 Å². The molecule has 1 aromatic rings. The summed E-state index contributed by atoms with van der Waals surface area (Å²) >= 11 is 0. The number of hydrogen-bond acceptors (Lipinski definition) is 3. The number of anilines is 1. The van der Waals surface area contributed by atoms with Crippen LogP contribution in [-0.4, -0.2) is 15.9 Å². The number of hydrogen-bond donors (Lipinski definition) is 1. The van der Waals surface area contributed by atoms with Gasteiger partial charge in [0.1, 0.15) is 12.1 Å². The highest BCUT2D eigenvalue weighted by atomic mass is 16.1. The Morgan fingerprint density at radius 2 is 2.55 bits per heavy atom. The van der Waals surface area contributed by atoms with E-state index in [0.29, 0.717) is 12.2 Å². The lowest BCUT2D eigenvalue weighted by molar-refractivity contribution is -0.115. The van der Waals surface area contributed by atoms with Gasteiger partial charge in [-0.1, -0.05) is 6.92 Å². The molecule has 11 heavy (non-hydrogen) atoms. The Morgan fingerprint density at radius 3 is 3.09 bits per heavy atom. The molecule has 1 rings (SSSR count). The first-order chi connectivity index (χ1) is 5.33. The molecule has 0 saturated heterocycles. The third-order valence-corrected chi connectivity index (χ3v) is 1.17. The van der Waals surface area contributed by atoms with Crippen molar-refractivity contribution in [3.05, 3.63) is 18.6 Å². The minimum atomic E-state index is -0.0382. The van der Waals surface area contributed by atoms with E-state index in [1.807, 2.05) is 0 Å². The molecule has 1 amide bonds. The van der Waals surface area contributed by atoms with Crippen molar-refractivity contribution in [2.75, 3.05) is 5.32 Å². The van der Waals surface area contributed by atoms with E-state index in [-0.39, 0.29) is 5.91 Å². The Balaban J connectivity index is 2.58. The fourth-order valence-electron chi connectivity index (χ4n) is 0.596. The molecule has 1 aromatic heterocycles. The van der Waals surface area contributed by atoms with Gasteiger partial charge in [0.2, 0.25) is 5.91 Å². The van der Waals surface area contributed by atoms with Crippen molar-refractivity contribution < 1.29 is 4.79 Å². The number of amides is 1. The Hall–Kier alpha value is -1.45. The number of carbonyl (C=O) groups is 1. The van der Waals surface area contributed by atoms with Crippen LogP contribution < -0.4 is 5.32 Å². The molecule has 0 fully saturated rings. The normalized spacial score (nSPS) is 9.18. The second kappa shape index (κ2) is 3.65. The number of nitrogens with one attached hydrogen (secondary N) is 1. The SMILES string of the molecule is CCC(=O)Nc1ccncn1. The predicted octanol–water partition coefficient (Wildman–Crippen LogP) is 0.825. The maximum atomic E-state index is 10.8. The quantitative estimate of drug-likeness (QED) is 0.681. The molecule has 0 saturated carbocycles. The molecule has 0 aromatic carbocycles. The van der Waals surface area contributed by atoms with E-state index in [1.165, 1.54) is 6.33 Å². The lowest BCUT2D eigenvalue weighted by Gasteiger charge is -1.99. The molecule has 0 aliphatic heterocycles. The van der Waals surface area contributed by atoms with E-state index in [9.17, 15) is 4.79 Å². The van der Waals surface area contributed by atoms with E-state index < -0.39 is 0 Å². The van der Waals surface area contributed by atoms with Crippen LogP contribution in [-0.2, 0) is 4.79 Å². The van der Waals surface area contributed by atoms with Gasteiger partial charge in [0.25, 0.3) is 0 Å². The summed E-state index contributed by atoms with van der Waals surface area (Å²) < 4.78 is 0. The van der Waals surface area contributed by atoms with E-state index in [1.54, 1.807) is 19.2 Å². The van der Waals surface area contributed by atoms with Crippen molar-refractivity contribution in [3.8, 4) is 0 Å². The summed E-state index contributed by atoms with van der Waals surface area (Å²) in [4.78, 5) is 18.3. The summed E-state index contributed by atoms with van der Waals surface area (Å²) in [6.07, 6.45) is 3.44. The smallest absolute Gasteiger partial charge is 0.225 e. The molecule has 4 heteroatoms. The molecule has 0 bridgehead atoms. The number of aromatic nitrogens is 2. The van der Waals surface area contributed by atoms with E-state index in [0.717, 1.165) is 0 Å². The second-order valence-electron chi connectivity index (χ2n) is 2.00. The maximum absolute atomic E-state index is 10.8. The Labute approximate surface area is 64.7 Å². The standard InChI is InChI=1S/C7H9N3O/c1-2-7(11)10-6-3-4-8-5-9-6/h3-5H,2H2,1H3,(H,8,9,10,11). The zero-order valence-corrected chi connectivity index (χ0v) is 6.24. The zero-order chi connectivity index (χ0) is 8.10. The van der Waals surface area contributed by atoms with Gasteiger partial charge in [-0.05, 0) is 6.07 Å². The van der Waals surface area contributed by atoms with Crippen molar-refractivity contribution in [1.82, 2.24) is 9.97 Å². The molecule has 0 unspecified atom stereocenters. The van der Waals surface area contributed by atoms with Crippen LogP contribution in [0.3, 0.4) is 0 Å². The molecule has 0 aliphatic rings. The Kier molecular flexibility index (Phi) is 2.54. The summed E-state index contributed by atoms with van der Waals surface area (Å²) in [6, 6.07) is 1.65. The molecular formula is C7H9N3O. The van der Waals surface area contributed by atoms with Gasteiger partial charge in [-0.25, -0.2) is 9.97 Å². The first kappa shape index (κ1) is 7.65. The fourth-order valence-corrected chi connectivity index (χ4v) is 0.596. The van der Waals surface area contributed by atoms with Crippen LogP contribution in [0.25, 0.3) is 0 Å². The summed E-state index contributed by atoms with van der Waals surface area (Å²) in [5, 5.41) is 2.60. The van der Waals surface area contributed by atoms with Crippen LogP contribution >= 0.6 is 0 Å². The summed E-state index contributed by atoms with van der Waals surface area (Å²) in [5.41, 5.74) is 0. The lowest BCUT2D eigenvalue weighted by atomic mass is 10.4. The molecule has 0 spiro atoms. The average Bonchev–Trinajstić information content (AvgIpc) is 2.06. The first-order valence-corrected chi connectivity index (χ1v) is 3.38. The topological polar surface area (TPSA) is 54.9 Å². The Bertz CT molecular complexity index is 235. The maximum Gasteiger partial charge on any atom is 0.225 e. The van der Waals surface area contributed by atoms with Crippen molar-refractivity contribution >= 4 is 11.7 Å². The number of carbonyl (C=O) groups excluding carboxylic acids is 1. The predicted molar refractivity (Wildman–Crippen MR) is 41.0 cm³/mol. The lowest BCUT2D eigenvalue weighted by Crippen LogP contribution is -2.10. The molecule has 0 aliphatic carbocycles. The first-order valence-electron chi connectivity index (χ1n) is 3.38. The number of rotatable bonds is 2. The van der Waals surface area contributed by atoms with Gasteiger partial charge in [0.15, 0.2) is 0 Å². The van der Waals surface area contributed by atoms with Crippen molar-refractivity contribution in [2.24, 2.45) is 0 Å².